The lowest BCUT2D eigenvalue weighted by atomic mass is 9.99. The third-order valence-corrected chi connectivity index (χ3v) is 6.57. The molecule has 3 rings (SSSR count). The van der Waals surface area contributed by atoms with E-state index in [2.05, 4.69) is 28.8 Å². The predicted molar refractivity (Wildman–Crippen MR) is 120 cm³/mol. The molecule has 0 bridgehead atoms. The van der Waals surface area contributed by atoms with Crippen LogP contribution < -0.4 is 0 Å². The lowest BCUT2D eigenvalue weighted by Gasteiger charge is -2.05. The molecule has 0 saturated carbocycles. The molecule has 0 unspecified atom stereocenters. The first kappa shape index (κ1) is 22.5. The minimum absolute atomic E-state index is 0.242. The molecule has 0 amide bonds. The van der Waals surface area contributed by atoms with Crippen molar-refractivity contribution in [1.82, 2.24) is 15.0 Å². The monoisotopic (exact) mass is 425 g/mol. The average Bonchev–Trinajstić information content (AvgIpc) is 3.30. The largest absolute Gasteiger partial charge is 0.477 e. The number of H-pyrrole nitrogens is 3. The maximum Gasteiger partial charge on any atom is 0.352 e. The molecule has 166 valence electrons. The molecule has 0 spiro atoms. The van der Waals surface area contributed by atoms with E-state index in [0.717, 1.165) is 57.9 Å². The topological polar surface area (TPSA) is 122 Å². The third-order valence-electron chi connectivity index (χ3n) is 6.57. The Labute approximate surface area is 181 Å². The Morgan fingerprint density at radius 1 is 0.613 bits per heavy atom. The molecule has 31 heavy (non-hydrogen) atoms. The number of rotatable bonds is 8. The maximum atomic E-state index is 11.5. The molecule has 0 aromatic carbocycles. The molecule has 7 nitrogen and oxygen atoms in total. The number of hydrogen-bond donors (Lipinski definition) is 5. The van der Waals surface area contributed by atoms with Gasteiger partial charge >= 0.3 is 11.9 Å². The summed E-state index contributed by atoms with van der Waals surface area (Å²) in [6, 6.07) is 0. The van der Waals surface area contributed by atoms with Gasteiger partial charge in [0, 0.05) is 35.6 Å². The van der Waals surface area contributed by atoms with Crippen molar-refractivity contribution in [2.24, 2.45) is 0 Å². The van der Waals surface area contributed by atoms with E-state index < -0.39 is 11.9 Å². The first-order chi connectivity index (χ1) is 14.6. The quantitative estimate of drug-likeness (QED) is 0.362. The van der Waals surface area contributed by atoms with E-state index in [4.69, 9.17) is 0 Å². The fourth-order valence-corrected chi connectivity index (χ4v) is 4.49. The molecule has 0 atom stereocenters. The molecule has 7 heteroatoms. The lowest BCUT2D eigenvalue weighted by molar-refractivity contribution is 0.0679. The predicted octanol–water partition coefficient (Wildman–Crippen LogP) is 4.61. The second kappa shape index (κ2) is 8.49. The van der Waals surface area contributed by atoms with E-state index in [9.17, 15) is 19.8 Å². The normalized spacial score (nSPS) is 11.3. The molecule has 0 aliphatic rings. The molecule has 3 aromatic rings. The Kier molecular flexibility index (Phi) is 6.15. The van der Waals surface area contributed by atoms with Crippen LogP contribution in [-0.4, -0.2) is 37.1 Å². The van der Waals surface area contributed by atoms with Crippen molar-refractivity contribution in [2.75, 3.05) is 0 Å². The highest BCUT2D eigenvalue weighted by molar-refractivity contribution is 5.88. The van der Waals surface area contributed by atoms with Crippen molar-refractivity contribution in [3.63, 3.8) is 0 Å². The molecule has 3 heterocycles. The van der Waals surface area contributed by atoms with Gasteiger partial charge in [0.1, 0.15) is 11.4 Å². The van der Waals surface area contributed by atoms with Gasteiger partial charge in [-0.1, -0.05) is 13.8 Å². The first-order valence-corrected chi connectivity index (χ1v) is 10.6. The summed E-state index contributed by atoms with van der Waals surface area (Å²) in [7, 11) is 0. The average molecular weight is 426 g/mol. The number of nitrogens with one attached hydrogen (secondary N) is 3. The van der Waals surface area contributed by atoms with Crippen molar-refractivity contribution >= 4 is 11.9 Å². The van der Waals surface area contributed by atoms with Crippen LogP contribution in [0.5, 0.6) is 0 Å². The zero-order valence-electron chi connectivity index (χ0n) is 19.0. The number of hydrogen-bond acceptors (Lipinski definition) is 2. The van der Waals surface area contributed by atoms with Crippen LogP contribution >= 0.6 is 0 Å². The number of aromatic nitrogens is 3. The summed E-state index contributed by atoms with van der Waals surface area (Å²) in [4.78, 5) is 32.7. The van der Waals surface area contributed by atoms with Crippen molar-refractivity contribution in [3.05, 3.63) is 67.5 Å². The standard InChI is InChI=1S/C24H31N3O4/c1-7-15-16(8-2)20(10-18-12(4)14(6)22(27-18)24(30)31)25-19(15)9-17-11(3)13(5)21(26-17)23(28)29/h25-27H,7-10H2,1-6H3,(H,28,29)(H,30,31). The molecule has 0 fully saturated rings. The second-order valence-electron chi connectivity index (χ2n) is 8.17. The Hall–Kier alpha value is -3.22. The van der Waals surface area contributed by atoms with Crippen LogP contribution in [0.15, 0.2) is 0 Å². The molecule has 0 saturated heterocycles. The van der Waals surface area contributed by atoms with Crippen LogP contribution in [0.4, 0.5) is 0 Å². The highest BCUT2D eigenvalue weighted by Gasteiger charge is 2.22. The van der Waals surface area contributed by atoms with Crippen LogP contribution in [0.3, 0.4) is 0 Å². The van der Waals surface area contributed by atoms with Gasteiger partial charge in [0.15, 0.2) is 0 Å². The second-order valence-corrected chi connectivity index (χ2v) is 8.17. The van der Waals surface area contributed by atoms with E-state index in [-0.39, 0.29) is 11.4 Å². The van der Waals surface area contributed by atoms with Gasteiger partial charge in [0.25, 0.3) is 0 Å². The van der Waals surface area contributed by atoms with E-state index in [1.165, 1.54) is 11.1 Å². The molecular weight excluding hydrogens is 394 g/mol. The third kappa shape index (κ3) is 3.92. The van der Waals surface area contributed by atoms with E-state index in [0.29, 0.717) is 12.8 Å². The summed E-state index contributed by atoms with van der Waals surface area (Å²) >= 11 is 0. The number of carboxylic acid groups (broad SMARTS) is 2. The zero-order chi connectivity index (χ0) is 23.0. The van der Waals surface area contributed by atoms with Gasteiger partial charge in [0.2, 0.25) is 0 Å². The van der Waals surface area contributed by atoms with Crippen LogP contribution in [-0.2, 0) is 25.7 Å². The van der Waals surface area contributed by atoms with Crippen molar-refractivity contribution in [2.45, 2.75) is 67.2 Å². The SMILES string of the molecule is CCc1c(Cc2[nH]c(C(=O)O)c(C)c2C)[nH]c(Cc2[nH]c(C(=O)O)c(C)c2C)c1CC. The lowest BCUT2D eigenvalue weighted by Crippen LogP contribution is -2.00. The van der Waals surface area contributed by atoms with E-state index >= 15 is 0 Å². The molecule has 5 N–H and O–H groups in total. The van der Waals surface area contributed by atoms with Crippen LogP contribution in [0, 0.1) is 27.7 Å². The number of carboxylic acids is 2. The Morgan fingerprint density at radius 3 is 1.23 bits per heavy atom. The van der Waals surface area contributed by atoms with Crippen molar-refractivity contribution in [1.29, 1.82) is 0 Å². The van der Waals surface area contributed by atoms with Gasteiger partial charge in [-0.05, 0) is 73.9 Å². The highest BCUT2D eigenvalue weighted by atomic mass is 16.4. The van der Waals surface area contributed by atoms with Crippen molar-refractivity contribution in [3.8, 4) is 0 Å². The molecular formula is C24H31N3O4. The van der Waals surface area contributed by atoms with Gasteiger partial charge in [-0.15, -0.1) is 0 Å². The van der Waals surface area contributed by atoms with Gasteiger partial charge in [-0.2, -0.15) is 0 Å². The Balaban J connectivity index is 2.02. The Morgan fingerprint density at radius 2 is 0.968 bits per heavy atom. The summed E-state index contributed by atoms with van der Waals surface area (Å²) in [6.45, 7) is 11.8. The summed E-state index contributed by atoms with van der Waals surface area (Å²) in [5.74, 6) is -1.90. The maximum absolute atomic E-state index is 11.5. The minimum atomic E-state index is -0.948. The smallest absolute Gasteiger partial charge is 0.352 e. The number of carbonyl (C=O) groups is 2. The van der Waals surface area contributed by atoms with Gasteiger partial charge in [0.05, 0.1) is 0 Å². The summed E-state index contributed by atoms with van der Waals surface area (Å²) < 4.78 is 0. The number of aromatic amines is 3. The molecule has 0 aliphatic heterocycles. The number of aromatic carboxylic acids is 2. The van der Waals surface area contributed by atoms with Gasteiger partial charge in [-0.25, -0.2) is 9.59 Å². The molecule has 0 radical (unpaired) electrons. The van der Waals surface area contributed by atoms with Crippen molar-refractivity contribution < 1.29 is 19.8 Å². The van der Waals surface area contributed by atoms with E-state index in [1.54, 1.807) is 0 Å². The first-order valence-electron chi connectivity index (χ1n) is 10.6. The fourth-order valence-electron chi connectivity index (χ4n) is 4.49. The summed E-state index contributed by atoms with van der Waals surface area (Å²) in [5.41, 5.74) is 10.4. The van der Waals surface area contributed by atoms with Crippen LogP contribution in [0.25, 0.3) is 0 Å². The summed E-state index contributed by atoms with van der Waals surface area (Å²) in [6.07, 6.45) is 2.92. The molecule has 0 aliphatic carbocycles. The van der Waals surface area contributed by atoms with Gasteiger partial charge < -0.3 is 25.2 Å². The fraction of sp³-hybridized carbons (Fsp3) is 0.417. The highest BCUT2D eigenvalue weighted by Crippen LogP contribution is 2.28. The van der Waals surface area contributed by atoms with Crippen LogP contribution in [0.1, 0.15) is 91.0 Å². The van der Waals surface area contributed by atoms with E-state index in [1.807, 2.05) is 27.7 Å². The molecule has 3 aromatic heterocycles. The Bertz CT molecular complexity index is 1070. The van der Waals surface area contributed by atoms with Gasteiger partial charge in [-0.3, -0.25) is 0 Å². The van der Waals surface area contributed by atoms with Crippen LogP contribution in [0.2, 0.25) is 0 Å². The summed E-state index contributed by atoms with van der Waals surface area (Å²) in [5, 5.41) is 18.9. The minimum Gasteiger partial charge on any atom is -0.477 e. The zero-order valence-corrected chi connectivity index (χ0v) is 19.0.